The molecule has 0 unspecified atom stereocenters. The van der Waals surface area contributed by atoms with Gasteiger partial charge in [0.25, 0.3) is 0 Å². The first-order chi connectivity index (χ1) is 7.47. The third kappa shape index (κ3) is 3.84. The molecule has 5 heteroatoms. The number of ether oxygens (including phenoxy) is 1. The second kappa shape index (κ2) is 6.79. The summed E-state index contributed by atoms with van der Waals surface area (Å²) in [6.45, 7) is 3.68. The Balaban J connectivity index is 0.00000256. The fraction of sp³-hybridized carbons (Fsp3) is 0.500. The zero-order valence-corrected chi connectivity index (χ0v) is 11.0. The van der Waals surface area contributed by atoms with E-state index in [0.29, 0.717) is 11.3 Å². The van der Waals surface area contributed by atoms with Crippen LogP contribution in [0.4, 0.5) is 4.39 Å². The molecule has 0 amide bonds. The molecule has 3 N–H and O–H groups in total. The predicted molar refractivity (Wildman–Crippen MR) is 68.0 cm³/mol. The SMILES string of the molecule is COc1ccc([C@H](N)[C@H](O)C(C)C)c(F)c1.Cl. The predicted octanol–water partition coefficient (Wildman–Crippen LogP) is 2.27. The summed E-state index contributed by atoms with van der Waals surface area (Å²) in [5.74, 6) is -0.0319. The summed E-state index contributed by atoms with van der Waals surface area (Å²) in [6.07, 6.45) is -0.761. The van der Waals surface area contributed by atoms with Gasteiger partial charge >= 0.3 is 0 Å². The number of rotatable bonds is 4. The minimum Gasteiger partial charge on any atom is -0.497 e. The first-order valence-corrected chi connectivity index (χ1v) is 5.24. The van der Waals surface area contributed by atoms with Gasteiger partial charge in [0, 0.05) is 11.6 Å². The molecule has 0 fully saturated rings. The van der Waals surface area contributed by atoms with Crippen molar-refractivity contribution in [1.29, 1.82) is 0 Å². The Labute approximate surface area is 107 Å². The van der Waals surface area contributed by atoms with E-state index in [1.807, 2.05) is 13.8 Å². The van der Waals surface area contributed by atoms with Gasteiger partial charge in [-0.3, -0.25) is 0 Å². The van der Waals surface area contributed by atoms with Crippen LogP contribution in [0.25, 0.3) is 0 Å². The Kier molecular flexibility index (Phi) is 6.45. The maximum absolute atomic E-state index is 13.6. The summed E-state index contributed by atoms with van der Waals surface area (Å²) >= 11 is 0. The highest BCUT2D eigenvalue weighted by Gasteiger charge is 2.22. The molecule has 0 radical (unpaired) electrons. The minimum atomic E-state index is -0.761. The molecule has 17 heavy (non-hydrogen) atoms. The van der Waals surface area contributed by atoms with Crippen molar-refractivity contribution >= 4 is 12.4 Å². The van der Waals surface area contributed by atoms with Crippen molar-refractivity contribution in [3.05, 3.63) is 29.6 Å². The number of hydrogen-bond acceptors (Lipinski definition) is 3. The molecular formula is C12H19ClFNO2. The first kappa shape index (κ1) is 16.2. The number of nitrogens with two attached hydrogens (primary N) is 1. The van der Waals surface area contributed by atoms with Crippen LogP contribution in [0.3, 0.4) is 0 Å². The Bertz CT molecular complexity index is 360. The summed E-state index contributed by atoms with van der Waals surface area (Å²) < 4.78 is 18.5. The van der Waals surface area contributed by atoms with Gasteiger partial charge < -0.3 is 15.6 Å². The maximum atomic E-state index is 13.6. The topological polar surface area (TPSA) is 55.5 Å². The minimum absolute atomic E-state index is 0. The lowest BCUT2D eigenvalue weighted by atomic mass is 9.94. The number of halogens is 2. The van der Waals surface area contributed by atoms with Crippen molar-refractivity contribution in [3.63, 3.8) is 0 Å². The Morgan fingerprint density at radius 2 is 1.94 bits per heavy atom. The third-order valence-electron chi connectivity index (χ3n) is 2.62. The second-order valence-electron chi connectivity index (χ2n) is 4.15. The number of benzene rings is 1. The van der Waals surface area contributed by atoms with Gasteiger partial charge in [0.2, 0.25) is 0 Å². The van der Waals surface area contributed by atoms with Crippen molar-refractivity contribution in [2.75, 3.05) is 7.11 Å². The van der Waals surface area contributed by atoms with Crippen LogP contribution in [0.5, 0.6) is 5.75 Å². The lowest BCUT2D eigenvalue weighted by Gasteiger charge is -2.22. The molecule has 1 aromatic rings. The average molecular weight is 264 g/mol. The van der Waals surface area contributed by atoms with Gasteiger partial charge in [-0.25, -0.2) is 4.39 Å². The molecule has 0 bridgehead atoms. The molecule has 0 aliphatic rings. The lowest BCUT2D eigenvalue weighted by Crippen LogP contribution is -2.31. The molecule has 0 saturated heterocycles. The van der Waals surface area contributed by atoms with E-state index < -0.39 is 18.0 Å². The molecule has 98 valence electrons. The van der Waals surface area contributed by atoms with Crippen molar-refractivity contribution < 1.29 is 14.2 Å². The van der Waals surface area contributed by atoms with Gasteiger partial charge in [-0.05, 0) is 12.0 Å². The summed E-state index contributed by atoms with van der Waals surface area (Å²) in [5.41, 5.74) is 6.11. The van der Waals surface area contributed by atoms with Gasteiger partial charge in [0.05, 0.1) is 19.3 Å². The van der Waals surface area contributed by atoms with E-state index in [0.717, 1.165) is 0 Å². The summed E-state index contributed by atoms with van der Waals surface area (Å²) in [7, 11) is 1.47. The first-order valence-electron chi connectivity index (χ1n) is 5.24. The van der Waals surface area contributed by atoms with Crippen LogP contribution in [0.15, 0.2) is 18.2 Å². The van der Waals surface area contributed by atoms with Gasteiger partial charge in [-0.1, -0.05) is 19.9 Å². The normalized spacial score (nSPS) is 14.1. The van der Waals surface area contributed by atoms with Crippen LogP contribution in [-0.4, -0.2) is 18.3 Å². The van der Waals surface area contributed by atoms with Crippen LogP contribution in [0.2, 0.25) is 0 Å². The fourth-order valence-corrected chi connectivity index (χ4v) is 1.50. The number of aliphatic hydroxyl groups excluding tert-OH is 1. The monoisotopic (exact) mass is 263 g/mol. The molecule has 0 spiro atoms. The highest BCUT2D eigenvalue weighted by atomic mass is 35.5. The van der Waals surface area contributed by atoms with Gasteiger partial charge in [0.1, 0.15) is 11.6 Å². The van der Waals surface area contributed by atoms with Crippen LogP contribution >= 0.6 is 12.4 Å². The molecule has 0 aliphatic carbocycles. The molecule has 0 aliphatic heterocycles. The molecular weight excluding hydrogens is 245 g/mol. The lowest BCUT2D eigenvalue weighted by molar-refractivity contribution is 0.0966. The van der Waals surface area contributed by atoms with Crippen LogP contribution in [0, 0.1) is 11.7 Å². The van der Waals surface area contributed by atoms with Crippen molar-refractivity contribution in [1.82, 2.24) is 0 Å². The Morgan fingerprint density at radius 3 is 2.35 bits per heavy atom. The number of methoxy groups -OCH3 is 1. The number of aliphatic hydroxyl groups is 1. The Hall–Kier alpha value is -0.840. The van der Waals surface area contributed by atoms with Crippen molar-refractivity contribution in [2.45, 2.75) is 26.0 Å². The van der Waals surface area contributed by atoms with Crippen LogP contribution < -0.4 is 10.5 Å². The van der Waals surface area contributed by atoms with E-state index in [9.17, 15) is 9.50 Å². The highest BCUT2D eigenvalue weighted by molar-refractivity contribution is 5.85. The largest absolute Gasteiger partial charge is 0.497 e. The second-order valence-corrected chi connectivity index (χ2v) is 4.15. The van der Waals surface area contributed by atoms with E-state index in [-0.39, 0.29) is 18.3 Å². The zero-order valence-electron chi connectivity index (χ0n) is 10.2. The van der Waals surface area contributed by atoms with E-state index in [2.05, 4.69) is 0 Å². The fourth-order valence-electron chi connectivity index (χ4n) is 1.50. The highest BCUT2D eigenvalue weighted by Crippen LogP contribution is 2.25. The molecule has 2 atom stereocenters. The maximum Gasteiger partial charge on any atom is 0.131 e. The van der Waals surface area contributed by atoms with E-state index in [1.54, 1.807) is 12.1 Å². The molecule has 3 nitrogen and oxygen atoms in total. The summed E-state index contributed by atoms with van der Waals surface area (Å²) in [6, 6.07) is 3.73. The van der Waals surface area contributed by atoms with Gasteiger partial charge in [-0.2, -0.15) is 0 Å². The average Bonchev–Trinajstić information content (AvgIpc) is 2.26. The molecule has 0 aromatic heterocycles. The van der Waals surface area contributed by atoms with Crippen LogP contribution in [-0.2, 0) is 0 Å². The number of hydrogen-bond donors (Lipinski definition) is 2. The van der Waals surface area contributed by atoms with E-state index in [1.165, 1.54) is 13.2 Å². The Morgan fingerprint density at radius 1 is 1.35 bits per heavy atom. The van der Waals surface area contributed by atoms with Crippen molar-refractivity contribution in [3.8, 4) is 5.75 Å². The zero-order chi connectivity index (χ0) is 12.3. The molecule has 1 rings (SSSR count). The molecule has 0 heterocycles. The molecule has 0 saturated carbocycles. The van der Waals surface area contributed by atoms with Gasteiger partial charge in [-0.15, -0.1) is 12.4 Å². The van der Waals surface area contributed by atoms with Crippen molar-refractivity contribution in [2.24, 2.45) is 11.7 Å². The van der Waals surface area contributed by atoms with Gasteiger partial charge in [0.15, 0.2) is 0 Å². The standard InChI is InChI=1S/C12H18FNO2.ClH/c1-7(2)12(15)11(14)9-5-4-8(16-3)6-10(9)13;/h4-7,11-12,15H,14H2,1-3H3;1H/t11-,12+;/m0./s1. The smallest absolute Gasteiger partial charge is 0.131 e. The van der Waals surface area contributed by atoms with Crippen LogP contribution in [0.1, 0.15) is 25.5 Å². The third-order valence-corrected chi connectivity index (χ3v) is 2.62. The summed E-state index contributed by atoms with van der Waals surface area (Å²) in [5, 5.41) is 9.78. The molecule has 1 aromatic carbocycles. The van der Waals surface area contributed by atoms with E-state index >= 15 is 0 Å². The summed E-state index contributed by atoms with van der Waals surface area (Å²) in [4.78, 5) is 0. The quantitative estimate of drug-likeness (QED) is 0.876. The van der Waals surface area contributed by atoms with E-state index in [4.69, 9.17) is 10.5 Å².